The smallest absolute Gasteiger partial charge is 0.304 e. The van der Waals surface area contributed by atoms with E-state index in [9.17, 15) is 14.5 Å². The van der Waals surface area contributed by atoms with Crippen molar-refractivity contribution in [1.29, 1.82) is 0 Å². The Balaban J connectivity index is 2.03. The first-order chi connectivity index (χ1) is 9.97. The zero-order valence-corrected chi connectivity index (χ0v) is 11.8. The lowest BCUT2D eigenvalue weighted by atomic mass is 10.2. The SMILES string of the molecule is CN(C)c1ccc(NCc2ccc([N+](=O)[O-])c(F)c2)cc1. The monoisotopic (exact) mass is 289 g/mol. The summed E-state index contributed by atoms with van der Waals surface area (Å²) < 4.78 is 13.5. The Hall–Kier alpha value is -2.63. The van der Waals surface area contributed by atoms with E-state index >= 15 is 0 Å². The normalized spacial score (nSPS) is 10.2. The number of nitro groups is 1. The highest BCUT2D eigenvalue weighted by molar-refractivity contribution is 5.54. The van der Waals surface area contributed by atoms with Crippen molar-refractivity contribution in [1.82, 2.24) is 0 Å². The van der Waals surface area contributed by atoms with Gasteiger partial charge in [0.1, 0.15) is 0 Å². The van der Waals surface area contributed by atoms with Gasteiger partial charge in [0.05, 0.1) is 4.92 Å². The zero-order chi connectivity index (χ0) is 15.4. The molecule has 0 aliphatic rings. The molecule has 0 atom stereocenters. The van der Waals surface area contributed by atoms with Crippen molar-refractivity contribution in [3.63, 3.8) is 0 Å². The Bertz CT molecular complexity index is 642. The molecule has 0 aromatic heterocycles. The van der Waals surface area contributed by atoms with E-state index < -0.39 is 16.4 Å². The number of benzene rings is 2. The molecule has 5 nitrogen and oxygen atoms in total. The summed E-state index contributed by atoms with van der Waals surface area (Å²) in [6.45, 7) is 0.399. The maximum atomic E-state index is 13.5. The quantitative estimate of drug-likeness (QED) is 0.677. The van der Waals surface area contributed by atoms with Crippen molar-refractivity contribution in [2.45, 2.75) is 6.54 Å². The van der Waals surface area contributed by atoms with Gasteiger partial charge in [0.2, 0.25) is 5.82 Å². The number of hydrogen-bond acceptors (Lipinski definition) is 4. The molecule has 0 radical (unpaired) electrons. The standard InChI is InChI=1S/C15H16FN3O2/c1-18(2)13-6-4-12(5-7-13)17-10-11-3-8-15(19(20)21)14(16)9-11/h3-9,17H,10H2,1-2H3. The first kappa shape index (κ1) is 14.8. The minimum absolute atomic E-state index is 0.399. The minimum atomic E-state index is -0.817. The number of rotatable bonds is 5. The molecule has 0 aliphatic carbocycles. The average molecular weight is 289 g/mol. The van der Waals surface area contributed by atoms with E-state index in [0.717, 1.165) is 11.4 Å². The van der Waals surface area contributed by atoms with Crippen LogP contribution in [0.4, 0.5) is 21.5 Å². The fraction of sp³-hybridized carbons (Fsp3) is 0.200. The minimum Gasteiger partial charge on any atom is -0.381 e. The van der Waals surface area contributed by atoms with E-state index in [1.54, 1.807) is 6.07 Å². The van der Waals surface area contributed by atoms with Crippen LogP contribution in [0.3, 0.4) is 0 Å². The maximum absolute atomic E-state index is 13.5. The van der Waals surface area contributed by atoms with Crippen molar-refractivity contribution >= 4 is 17.1 Å². The van der Waals surface area contributed by atoms with Crippen molar-refractivity contribution in [2.24, 2.45) is 0 Å². The van der Waals surface area contributed by atoms with Gasteiger partial charge < -0.3 is 10.2 Å². The number of hydrogen-bond donors (Lipinski definition) is 1. The average Bonchev–Trinajstić information content (AvgIpc) is 2.45. The lowest BCUT2D eigenvalue weighted by Gasteiger charge is -2.13. The number of halogens is 1. The molecule has 2 aromatic rings. The van der Waals surface area contributed by atoms with Gasteiger partial charge in [0.25, 0.3) is 0 Å². The Morgan fingerprint density at radius 2 is 1.86 bits per heavy atom. The molecule has 0 aliphatic heterocycles. The third-order valence-electron chi connectivity index (χ3n) is 3.09. The summed E-state index contributed by atoms with van der Waals surface area (Å²) in [5, 5.41) is 13.7. The molecule has 0 spiro atoms. The molecule has 6 heteroatoms. The molecule has 0 fully saturated rings. The van der Waals surface area contributed by atoms with Crippen molar-refractivity contribution < 1.29 is 9.31 Å². The van der Waals surface area contributed by atoms with Crippen molar-refractivity contribution in [2.75, 3.05) is 24.3 Å². The summed E-state index contributed by atoms with van der Waals surface area (Å²) in [6.07, 6.45) is 0. The van der Waals surface area contributed by atoms with E-state index in [-0.39, 0.29) is 0 Å². The van der Waals surface area contributed by atoms with E-state index in [1.165, 1.54) is 12.1 Å². The second kappa shape index (κ2) is 6.21. The number of nitrogens with one attached hydrogen (secondary N) is 1. The van der Waals surface area contributed by atoms with Crippen LogP contribution in [0.1, 0.15) is 5.56 Å². The highest BCUT2D eigenvalue weighted by Gasteiger charge is 2.13. The van der Waals surface area contributed by atoms with Crippen LogP contribution >= 0.6 is 0 Å². The highest BCUT2D eigenvalue weighted by Crippen LogP contribution is 2.20. The Morgan fingerprint density at radius 3 is 2.38 bits per heavy atom. The van der Waals surface area contributed by atoms with Crippen LogP contribution in [-0.2, 0) is 6.54 Å². The third kappa shape index (κ3) is 3.68. The molecule has 0 heterocycles. The number of nitro benzene ring substituents is 1. The predicted octanol–water partition coefficient (Wildman–Crippen LogP) is 3.41. The molecule has 0 unspecified atom stereocenters. The summed E-state index contributed by atoms with van der Waals surface area (Å²) in [5.41, 5.74) is 2.13. The van der Waals surface area contributed by atoms with Gasteiger partial charge in [-0.3, -0.25) is 10.1 Å². The summed E-state index contributed by atoms with van der Waals surface area (Å²) in [7, 11) is 3.92. The number of anilines is 2. The van der Waals surface area contributed by atoms with Gasteiger partial charge in [0, 0.05) is 38.1 Å². The van der Waals surface area contributed by atoms with Gasteiger partial charge >= 0.3 is 5.69 Å². The second-order valence-electron chi connectivity index (χ2n) is 4.84. The summed E-state index contributed by atoms with van der Waals surface area (Å²) in [5.74, 6) is -0.817. The summed E-state index contributed by atoms with van der Waals surface area (Å²) in [6, 6.07) is 11.7. The van der Waals surface area contributed by atoms with Crippen LogP contribution in [-0.4, -0.2) is 19.0 Å². The Morgan fingerprint density at radius 1 is 1.19 bits per heavy atom. The van der Waals surface area contributed by atoms with Gasteiger partial charge in [-0.2, -0.15) is 4.39 Å². The molecule has 0 bridgehead atoms. The van der Waals surface area contributed by atoms with Crippen LogP contribution in [0.2, 0.25) is 0 Å². The van der Waals surface area contributed by atoms with E-state index in [0.29, 0.717) is 12.1 Å². The third-order valence-corrected chi connectivity index (χ3v) is 3.09. The first-order valence-electron chi connectivity index (χ1n) is 6.41. The topological polar surface area (TPSA) is 58.4 Å². The van der Waals surface area contributed by atoms with Crippen molar-refractivity contribution in [3.8, 4) is 0 Å². The predicted molar refractivity (Wildman–Crippen MR) is 81.2 cm³/mol. The van der Waals surface area contributed by atoms with E-state index in [1.807, 2.05) is 43.3 Å². The molecule has 0 saturated heterocycles. The van der Waals surface area contributed by atoms with Gasteiger partial charge in [-0.15, -0.1) is 0 Å². The zero-order valence-electron chi connectivity index (χ0n) is 11.8. The van der Waals surface area contributed by atoms with Crippen LogP contribution in [0, 0.1) is 15.9 Å². The summed E-state index contributed by atoms with van der Waals surface area (Å²) >= 11 is 0. The maximum Gasteiger partial charge on any atom is 0.304 e. The van der Waals surface area contributed by atoms with Crippen molar-refractivity contribution in [3.05, 3.63) is 64.0 Å². The highest BCUT2D eigenvalue weighted by atomic mass is 19.1. The second-order valence-corrected chi connectivity index (χ2v) is 4.84. The van der Waals surface area contributed by atoms with Crippen LogP contribution in [0.25, 0.3) is 0 Å². The molecule has 1 N–H and O–H groups in total. The largest absolute Gasteiger partial charge is 0.381 e. The van der Waals surface area contributed by atoms with E-state index in [2.05, 4.69) is 5.32 Å². The van der Waals surface area contributed by atoms with Crippen LogP contribution in [0.15, 0.2) is 42.5 Å². The molecule has 2 aromatic carbocycles. The lowest BCUT2D eigenvalue weighted by molar-refractivity contribution is -0.387. The Labute approximate surface area is 122 Å². The molecule has 21 heavy (non-hydrogen) atoms. The molecule has 110 valence electrons. The molecule has 2 rings (SSSR count). The van der Waals surface area contributed by atoms with Gasteiger partial charge in [0.15, 0.2) is 0 Å². The van der Waals surface area contributed by atoms with Crippen LogP contribution < -0.4 is 10.2 Å². The molecular formula is C15H16FN3O2. The summed E-state index contributed by atoms with van der Waals surface area (Å²) in [4.78, 5) is 11.8. The fourth-order valence-corrected chi connectivity index (χ4v) is 1.89. The molecule has 0 saturated carbocycles. The van der Waals surface area contributed by atoms with Gasteiger partial charge in [-0.05, 0) is 35.9 Å². The lowest BCUT2D eigenvalue weighted by Crippen LogP contribution is -2.08. The fourth-order valence-electron chi connectivity index (χ4n) is 1.89. The number of nitrogens with zero attached hydrogens (tertiary/aromatic N) is 2. The van der Waals surface area contributed by atoms with Gasteiger partial charge in [-0.25, -0.2) is 0 Å². The van der Waals surface area contributed by atoms with Crippen LogP contribution in [0.5, 0.6) is 0 Å². The van der Waals surface area contributed by atoms with E-state index in [4.69, 9.17) is 0 Å². The Kier molecular flexibility index (Phi) is 4.37. The molecular weight excluding hydrogens is 273 g/mol. The molecule has 0 amide bonds. The first-order valence-corrected chi connectivity index (χ1v) is 6.41. The van der Waals surface area contributed by atoms with Gasteiger partial charge in [-0.1, -0.05) is 6.07 Å².